The first-order chi connectivity index (χ1) is 24.7. The number of hydrogen-bond donors (Lipinski definition) is 0. The molecule has 8 aromatic carbocycles. The van der Waals surface area contributed by atoms with Gasteiger partial charge in [-0.3, -0.25) is 0 Å². The molecule has 250 valence electrons. The van der Waals surface area contributed by atoms with Crippen molar-refractivity contribution in [3.8, 4) is 11.1 Å². The third kappa shape index (κ3) is 5.57. The molecule has 2 aliphatic carbocycles. The first-order valence-electron chi connectivity index (χ1n) is 17.2. The molecule has 0 fully saturated rings. The van der Waals surface area contributed by atoms with Gasteiger partial charge in [-0.15, -0.1) is 0 Å². The predicted molar refractivity (Wildman–Crippen MR) is 212 cm³/mol. The van der Waals surface area contributed by atoms with Crippen LogP contribution in [0.2, 0.25) is 10.0 Å². The Kier molecular flexibility index (Phi) is 9.63. The molecule has 0 saturated carbocycles. The van der Waals surface area contributed by atoms with Crippen LogP contribution < -0.4 is 24.8 Å². The second-order valence-corrected chi connectivity index (χ2v) is 20.5. The fraction of sp³-hybridized carbons (Fsp3) is 0.0426. The maximum absolute atomic E-state index is 7.09. The summed E-state index contributed by atoms with van der Waals surface area (Å²) < 4.78 is 3.26. The van der Waals surface area contributed by atoms with Crippen molar-refractivity contribution in [1.82, 2.24) is 0 Å². The molecule has 0 nitrogen and oxygen atoms in total. The Labute approximate surface area is 333 Å². The van der Waals surface area contributed by atoms with Crippen molar-refractivity contribution in [2.24, 2.45) is 0 Å². The minimum absolute atomic E-state index is 0. The minimum Gasteiger partial charge on any atom is -1.00 e. The molecule has 0 N–H and O–H groups in total. The number of halogens is 4. The Morgan fingerprint density at radius 3 is 1.63 bits per heavy atom. The van der Waals surface area contributed by atoms with Crippen molar-refractivity contribution in [2.45, 2.75) is 10.0 Å². The third-order valence-corrected chi connectivity index (χ3v) is 19.3. The SMILES string of the molecule is Clc1cc([C](c2cc(Cl)cc3ccccc23)=[Zr+2]([C]2=CC=CC2)[CH]2c3ccccc3-c3c2c2ccccc2c2ccccc32)c2ccccc2c1.[Cl-].[Cl-]. The molecule has 52 heavy (non-hydrogen) atoms. The van der Waals surface area contributed by atoms with Crippen molar-refractivity contribution < 1.29 is 46.1 Å². The van der Waals surface area contributed by atoms with Gasteiger partial charge in [-0.25, -0.2) is 0 Å². The van der Waals surface area contributed by atoms with E-state index in [4.69, 9.17) is 23.2 Å². The molecule has 5 heteroatoms. The van der Waals surface area contributed by atoms with Crippen LogP contribution in [0.4, 0.5) is 0 Å². The second kappa shape index (κ2) is 14.2. The molecule has 0 radical (unpaired) electrons. The number of allylic oxidation sites excluding steroid dienone is 4. The molecule has 0 bridgehead atoms. The smallest absolute Gasteiger partial charge is 1.00 e. The second-order valence-electron chi connectivity index (χ2n) is 13.4. The van der Waals surface area contributed by atoms with E-state index in [1.165, 1.54) is 68.9 Å². The van der Waals surface area contributed by atoms with Gasteiger partial charge in [0.15, 0.2) is 0 Å². The predicted octanol–water partition coefficient (Wildman–Crippen LogP) is 7.42. The van der Waals surface area contributed by atoms with E-state index in [2.05, 4.69) is 164 Å². The van der Waals surface area contributed by atoms with Crippen molar-refractivity contribution in [3.63, 3.8) is 0 Å². The van der Waals surface area contributed by atoms with Gasteiger partial charge in [0.2, 0.25) is 0 Å². The fourth-order valence-electron chi connectivity index (χ4n) is 8.72. The molecule has 2 aliphatic rings. The van der Waals surface area contributed by atoms with Crippen molar-refractivity contribution in [3.05, 3.63) is 199 Å². The average molecular weight is 828 g/mol. The van der Waals surface area contributed by atoms with Crippen LogP contribution in [0.3, 0.4) is 0 Å². The van der Waals surface area contributed by atoms with E-state index >= 15 is 0 Å². The maximum atomic E-state index is 7.09. The zero-order valence-corrected chi connectivity index (χ0v) is 33.4. The standard InChI is InChI=1S/C21H12Cl2.C21H13.C5H5.2ClH.Zr/c22-18-10-14-5-1-3-7-20(14)16(12-18)9-17-13-19(23)11-15-6-2-4-8-21(15)17;1-2-8-15-14(7-1)13-20-18-11-4-3-9-16(18)17-10-5-6-12-19(17)21(15)20;1-2-4-5-3-1;;;/h1-8,10-13H;1-13H;1-3H,4H2;2*1H;/q;;;;;+2/p-2. The van der Waals surface area contributed by atoms with Crippen molar-refractivity contribution >= 4 is 69.5 Å². The first kappa shape index (κ1) is 35.2. The summed E-state index contributed by atoms with van der Waals surface area (Å²) in [6, 6.07) is 53.5. The van der Waals surface area contributed by atoms with E-state index in [0.29, 0.717) is 0 Å². The Balaban J connectivity index is 0.00000193. The van der Waals surface area contributed by atoms with Crippen LogP contribution in [-0.4, -0.2) is 3.21 Å². The number of hydrogen-bond acceptors (Lipinski definition) is 0. The summed E-state index contributed by atoms with van der Waals surface area (Å²) in [6.07, 6.45) is 8.03. The van der Waals surface area contributed by atoms with Crippen LogP contribution in [-0.2, 0) is 21.3 Å². The van der Waals surface area contributed by atoms with E-state index in [0.717, 1.165) is 27.2 Å². The molecular weight excluding hydrogens is 798 g/mol. The van der Waals surface area contributed by atoms with Gasteiger partial charge >= 0.3 is 311 Å². The summed E-state index contributed by atoms with van der Waals surface area (Å²) in [5.41, 5.74) is 8.16. The van der Waals surface area contributed by atoms with Gasteiger partial charge in [-0.2, -0.15) is 0 Å². The van der Waals surface area contributed by atoms with Crippen LogP contribution in [0, 0.1) is 0 Å². The number of fused-ring (bicyclic) bond motifs is 10. The topological polar surface area (TPSA) is 0 Å². The summed E-state index contributed by atoms with van der Waals surface area (Å²) in [6.45, 7) is 0. The van der Waals surface area contributed by atoms with Crippen molar-refractivity contribution in [2.75, 3.05) is 0 Å². The van der Waals surface area contributed by atoms with Crippen LogP contribution in [0.25, 0.3) is 54.2 Å². The zero-order valence-electron chi connectivity index (χ0n) is 27.9. The quantitative estimate of drug-likeness (QED) is 0.162. The molecule has 10 rings (SSSR count). The molecule has 0 aromatic heterocycles. The summed E-state index contributed by atoms with van der Waals surface area (Å²) >= 11 is 11.0. The van der Waals surface area contributed by atoms with Gasteiger partial charge in [-0.1, -0.05) is 0 Å². The zero-order chi connectivity index (χ0) is 33.3. The van der Waals surface area contributed by atoms with Gasteiger partial charge in [0.25, 0.3) is 0 Å². The maximum Gasteiger partial charge on any atom is -1.00 e. The Morgan fingerprint density at radius 2 is 1.04 bits per heavy atom. The summed E-state index contributed by atoms with van der Waals surface area (Å²) in [7, 11) is 0. The van der Waals surface area contributed by atoms with Crippen LogP contribution in [0.15, 0.2) is 167 Å². The van der Waals surface area contributed by atoms with E-state index in [9.17, 15) is 0 Å². The monoisotopic (exact) mass is 824 g/mol. The average Bonchev–Trinajstić information content (AvgIpc) is 3.81. The summed E-state index contributed by atoms with van der Waals surface area (Å²) in [5, 5.41) is 11.6. The Bertz CT molecular complexity index is 2740. The molecule has 0 heterocycles. The van der Waals surface area contributed by atoms with Crippen LogP contribution >= 0.6 is 23.2 Å². The Morgan fingerprint density at radius 1 is 0.538 bits per heavy atom. The van der Waals surface area contributed by atoms with E-state index in [1.54, 1.807) is 3.28 Å². The summed E-state index contributed by atoms with van der Waals surface area (Å²) in [5.74, 6) is 0. The third-order valence-electron chi connectivity index (χ3n) is 10.7. The van der Waals surface area contributed by atoms with Gasteiger partial charge < -0.3 is 24.8 Å². The Hall–Kier alpha value is -3.81. The fourth-order valence-corrected chi connectivity index (χ4v) is 18.4. The van der Waals surface area contributed by atoms with Crippen LogP contribution in [0.1, 0.15) is 32.3 Å². The first-order valence-corrected chi connectivity index (χ1v) is 21.8. The van der Waals surface area contributed by atoms with Gasteiger partial charge in [0, 0.05) is 0 Å². The molecule has 0 aliphatic heterocycles. The summed E-state index contributed by atoms with van der Waals surface area (Å²) in [4.78, 5) is 0. The van der Waals surface area contributed by atoms with E-state index in [1.807, 2.05) is 0 Å². The minimum atomic E-state index is -3.14. The molecule has 8 aromatic rings. The molecule has 1 unspecified atom stereocenters. The molecule has 1 atom stereocenters. The van der Waals surface area contributed by atoms with E-state index < -0.39 is 21.3 Å². The molecular formula is C47H30Cl4Zr. The molecule has 0 saturated heterocycles. The van der Waals surface area contributed by atoms with E-state index in [-0.39, 0.29) is 28.4 Å². The molecule has 0 amide bonds. The largest absolute Gasteiger partial charge is 1.00 e. The van der Waals surface area contributed by atoms with Crippen molar-refractivity contribution in [1.29, 1.82) is 0 Å². The number of benzene rings is 8. The van der Waals surface area contributed by atoms with Gasteiger partial charge in [0.1, 0.15) is 0 Å². The van der Waals surface area contributed by atoms with Gasteiger partial charge in [-0.05, 0) is 0 Å². The number of rotatable bonds is 4. The molecule has 0 spiro atoms. The van der Waals surface area contributed by atoms with Crippen LogP contribution in [0.5, 0.6) is 0 Å². The van der Waals surface area contributed by atoms with Gasteiger partial charge in [0.05, 0.1) is 0 Å². The normalized spacial score (nSPS) is 14.0.